The molecule has 0 bridgehead atoms. The minimum atomic E-state index is -0.913. The number of carbonyl (C=O) groups is 3. The van der Waals surface area contributed by atoms with Crippen LogP contribution in [0, 0.1) is 23.7 Å². The number of cyclic esters (lactones) is 1. The summed E-state index contributed by atoms with van der Waals surface area (Å²) in [5, 5.41) is 21.1. The molecule has 10 atom stereocenters. The number of aliphatic hydroxyl groups is 2. The van der Waals surface area contributed by atoms with E-state index in [4.69, 9.17) is 14.2 Å². The molecule has 9 heteroatoms. The maximum Gasteiger partial charge on any atom is 0.306 e. The standard InChI is InChI=1S/C31H51NO8/c1-8-27-24(18-34)15-19(2)9-11-26(35)21(4)16-23(13-14-33)30(20(3)10-12-28(36)39-27)40-31-29(37)25(32(6)7)17-22(5)38-31/h9,11,14-15,20-25,27,29-31,34,37H,8,10,12-13,16-18H2,1-7H3/b11-9+,19-15+/t20?,21?,22-,23?,24?,25+,27?,29-,30?,31+/m1/s1. The number of nitrogens with zero attached hydrogens (tertiary/aromatic N) is 1. The van der Waals surface area contributed by atoms with Crippen LogP contribution in [0.3, 0.4) is 0 Å². The quantitative estimate of drug-likeness (QED) is 0.353. The number of carbonyl (C=O) groups excluding carboxylic acids is 3. The summed E-state index contributed by atoms with van der Waals surface area (Å²) in [5.74, 6) is -1.74. The van der Waals surface area contributed by atoms with Gasteiger partial charge in [-0.1, -0.05) is 38.5 Å². The molecule has 2 heterocycles. The average molecular weight is 566 g/mol. The molecule has 2 aliphatic heterocycles. The summed E-state index contributed by atoms with van der Waals surface area (Å²) in [5.41, 5.74) is 0.786. The summed E-state index contributed by atoms with van der Waals surface area (Å²) in [7, 11) is 3.81. The summed E-state index contributed by atoms with van der Waals surface area (Å²) in [6.07, 6.45) is 5.21. The van der Waals surface area contributed by atoms with E-state index in [2.05, 4.69) is 0 Å². The number of hydrogen-bond acceptors (Lipinski definition) is 9. The largest absolute Gasteiger partial charge is 0.462 e. The smallest absolute Gasteiger partial charge is 0.306 e. The molecule has 40 heavy (non-hydrogen) atoms. The average Bonchev–Trinajstić information content (AvgIpc) is 2.91. The van der Waals surface area contributed by atoms with Crippen molar-refractivity contribution in [3.63, 3.8) is 0 Å². The van der Waals surface area contributed by atoms with E-state index < -0.39 is 24.6 Å². The number of hydrogen-bond donors (Lipinski definition) is 2. The van der Waals surface area contributed by atoms with E-state index in [0.717, 1.165) is 11.9 Å². The molecule has 1 saturated heterocycles. The van der Waals surface area contributed by atoms with E-state index in [1.807, 2.05) is 59.7 Å². The number of ether oxygens (including phenoxy) is 3. The van der Waals surface area contributed by atoms with Crippen molar-refractivity contribution in [2.24, 2.45) is 23.7 Å². The lowest BCUT2D eigenvalue weighted by Crippen LogP contribution is -2.55. The zero-order valence-corrected chi connectivity index (χ0v) is 25.3. The second-order valence-corrected chi connectivity index (χ2v) is 11.9. The van der Waals surface area contributed by atoms with Crippen LogP contribution in [0.1, 0.15) is 73.1 Å². The van der Waals surface area contributed by atoms with Gasteiger partial charge in [-0.25, -0.2) is 0 Å². The molecule has 0 saturated carbocycles. The van der Waals surface area contributed by atoms with Crippen molar-refractivity contribution in [1.82, 2.24) is 4.90 Å². The molecule has 2 N–H and O–H groups in total. The highest BCUT2D eigenvalue weighted by atomic mass is 16.7. The molecular formula is C31H51NO8. The van der Waals surface area contributed by atoms with E-state index in [1.165, 1.54) is 6.08 Å². The number of allylic oxidation sites excluding steroid dienone is 3. The number of rotatable bonds is 7. The van der Waals surface area contributed by atoms with Gasteiger partial charge in [0.15, 0.2) is 12.1 Å². The molecule has 0 aromatic rings. The van der Waals surface area contributed by atoms with Crippen molar-refractivity contribution >= 4 is 18.0 Å². The Bertz CT molecular complexity index is 887. The molecule has 0 spiro atoms. The molecule has 9 nitrogen and oxygen atoms in total. The molecule has 0 aromatic carbocycles. The van der Waals surface area contributed by atoms with Gasteiger partial charge >= 0.3 is 5.97 Å². The number of aliphatic hydroxyl groups excluding tert-OH is 2. The fraction of sp³-hybridized carbons (Fsp3) is 0.774. The Labute approximate surface area is 239 Å². The van der Waals surface area contributed by atoms with Crippen LogP contribution in [-0.2, 0) is 28.6 Å². The minimum Gasteiger partial charge on any atom is -0.462 e. The second kappa shape index (κ2) is 16.5. The number of aldehydes is 1. The van der Waals surface area contributed by atoms with Crippen LogP contribution in [0.5, 0.6) is 0 Å². The van der Waals surface area contributed by atoms with E-state index in [0.29, 0.717) is 25.7 Å². The summed E-state index contributed by atoms with van der Waals surface area (Å²) in [4.78, 5) is 39.7. The summed E-state index contributed by atoms with van der Waals surface area (Å²) in [6.45, 7) is 9.29. The predicted octanol–water partition coefficient (Wildman–Crippen LogP) is 3.46. The van der Waals surface area contributed by atoms with Gasteiger partial charge in [0.05, 0.1) is 18.8 Å². The van der Waals surface area contributed by atoms with Crippen molar-refractivity contribution < 1.29 is 38.8 Å². The zero-order chi connectivity index (χ0) is 30.0. The maximum absolute atomic E-state index is 13.1. The summed E-state index contributed by atoms with van der Waals surface area (Å²) >= 11 is 0. The van der Waals surface area contributed by atoms with Gasteiger partial charge in [-0.3, -0.25) is 9.59 Å². The van der Waals surface area contributed by atoms with Crippen LogP contribution in [0.25, 0.3) is 0 Å². The zero-order valence-electron chi connectivity index (χ0n) is 25.3. The molecular weight excluding hydrogens is 514 g/mol. The Morgan fingerprint density at radius 2 is 1.85 bits per heavy atom. The van der Waals surface area contributed by atoms with Crippen LogP contribution in [0.15, 0.2) is 23.8 Å². The number of esters is 1. The highest BCUT2D eigenvalue weighted by Crippen LogP contribution is 2.34. The maximum atomic E-state index is 13.1. The van der Waals surface area contributed by atoms with Crippen molar-refractivity contribution in [3.05, 3.63) is 23.8 Å². The summed E-state index contributed by atoms with van der Waals surface area (Å²) < 4.78 is 18.3. The SMILES string of the molecule is CCC1OC(=O)CCC(C)C(O[C@@H]2O[C@H](C)C[C@H](N(C)C)[C@H]2O)C(CC=O)CC(C)C(=O)/C=C/C(C)=C/C1CO. The first-order valence-corrected chi connectivity index (χ1v) is 14.7. The molecule has 6 unspecified atom stereocenters. The molecule has 0 radical (unpaired) electrons. The highest BCUT2D eigenvalue weighted by molar-refractivity contribution is 5.91. The highest BCUT2D eigenvalue weighted by Gasteiger charge is 2.41. The Kier molecular flexibility index (Phi) is 14.2. The molecule has 0 amide bonds. The van der Waals surface area contributed by atoms with Gasteiger partial charge < -0.3 is 34.1 Å². The van der Waals surface area contributed by atoms with Gasteiger partial charge in [0.25, 0.3) is 0 Å². The van der Waals surface area contributed by atoms with Gasteiger partial charge in [-0.2, -0.15) is 0 Å². The van der Waals surface area contributed by atoms with Crippen LogP contribution in [0.2, 0.25) is 0 Å². The van der Waals surface area contributed by atoms with Crippen molar-refractivity contribution in [2.75, 3.05) is 20.7 Å². The third-order valence-corrected chi connectivity index (χ3v) is 8.30. The third-order valence-electron chi connectivity index (χ3n) is 8.30. The Balaban J connectivity index is 2.43. The Morgan fingerprint density at radius 3 is 2.45 bits per heavy atom. The second-order valence-electron chi connectivity index (χ2n) is 11.9. The van der Waals surface area contributed by atoms with Crippen molar-refractivity contribution in [1.29, 1.82) is 0 Å². The predicted molar refractivity (Wildman–Crippen MR) is 152 cm³/mol. The first kappa shape index (κ1) is 34.3. The van der Waals surface area contributed by atoms with Crippen LogP contribution >= 0.6 is 0 Å². The van der Waals surface area contributed by atoms with Crippen molar-refractivity contribution in [2.45, 2.75) is 110 Å². The van der Waals surface area contributed by atoms with E-state index in [-0.39, 0.29) is 67.0 Å². The van der Waals surface area contributed by atoms with Crippen LogP contribution in [0.4, 0.5) is 0 Å². The number of likely N-dealkylation sites (N-methyl/N-ethyl adjacent to an activating group) is 1. The van der Waals surface area contributed by atoms with E-state index >= 15 is 0 Å². The normalized spacial score (nSPS) is 39.3. The fourth-order valence-electron chi connectivity index (χ4n) is 5.84. The van der Waals surface area contributed by atoms with Crippen LogP contribution < -0.4 is 0 Å². The lowest BCUT2D eigenvalue weighted by molar-refractivity contribution is -0.280. The fourth-order valence-corrected chi connectivity index (χ4v) is 5.84. The van der Waals surface area contributed by atoms with Gasteiger partial charge in [-0.05, 0) is 71.5 Å². The number of ketones is 1. The lowest BCUT2D eigenvalue weighted by atomic mass is 9.80. The van der Waals surface area contributed by atoms with Gasteiger partial charge in [0.1, 0.15) is 18.5 Å². The van der Waals surface area contributed by atoms with Crippen molar-refractivity contribution in [3.8, 4) is 0 Å². The lowest BCUT2D eigenvalue weighted by Gasteiger charge is -2.44. The topological polar surface area (TPSA) is 123 Å². The Morgan fingerprint density at radius 1 is 1.15 bits per heavy atom. The van der Waals surface area contributed by atoms with E-state index in [1.54, 1.807) is 6.08 Å². The van der Waals surface area contributed by atoms with Gasteiger partial charge in [0, 0.05) is 30.7 Å². The molecule has 2 aliphatic rings. The molecule has 1 fully saturated rings. The van der Waals surface area contributed by atoms with E-state index in [9.17, 15) is 24.6 Å². The summed E-state index contributed by atoms with van der Waals surface area (Å²) in [6, 6.07) is -0.165. The third kappa shape index (κ3) is 9.87. The monoisotopic (exact) mass is 565 g/mol. The van der Waals surface area contributed by atoms with Gasteiger partial charge in [-0.15, -0.1) is 0 Å². The first-order valence-electron chi connectivity index (χ1n) is 14.7. The molecule has 0 aliphatic carbocycles. The molecule has 0 aromatic heterocycles. The van der Waals surface area contributed by atoms with Gasteiger partial charge in [0.2, 0.25) is 0 Å². The molecule has 2 rings (SSSR count). The van der Waals surface area contributed by atoms with Crippen LogP contribution in [-0.4, -0.2) is 90.6 Å². The molecule has 228 valence electrons. The first-order chi connectivity index (χ1) is 18.9. The Hall–Kier alpha value is -1.91. The minimum absolute atomic E-state index is 0.0728.